The number of anilines is 1. The van der Waals surface area contributed by atoms with Crippen LogP contribution in [0.25, 0.3) is 0 Å². The van der Waals surface area contributed by atoms with Crippen LogP contribution in [0.2, 0.25) is 0 Å². The Morgan fingerprint density at radius 2 is 2.00 bits per heavy atom. The van der Waals surface area contributed by atoms with E-state index in [1.807, 2.05) is 6.07 Å². The van der Waals surface area contributed by atoms with Crippen molar-refractivity contribution in [2.24, 2.45) is 0 Å². The highest BCUT2D eigenvalue weighted by molar-refractivity contribution is 5.95. The fraction of sp³-hybridized carbons (Fsp3) is 0.125. The van der Waals surface area contributed by atoms with E-state index >= 15 is 0 Å². The van der Waals surface area contributed by atoms with Gasteiger partial charge in [0.2, 0.25) is 0 Å². The summed E-state index contributed by atoms with van der Waals surface area (Å²) in [5, 5.41) is 12.5. The summed E-state index contributed by atoms with van der Waals surface area (Å²) in [6, 6.07) is 8.96. The summed E-state index contributed by atoms with van der Waals surface area (Å²) < 4.78 is 0. The van der Waals surface area contributed by atoms with Crippen molar-refractivity contribution >= 4 is 11.6 Å². The van der Waals surface area contributed by atoms with Crippen molar-refractivity contribution in [2.75, 3.05) is 11.6 Å². The zero-order chi connectivity index (χ0) is 9.26. The number of carbonyl (C=O) groups excluding carboxylic acids is 1. The molecule has 1 saturated heterocycles. The number of rotatable bonds is 1. The largest absolute Gasteiger partial charge is 0.770 e. The maximum atomic E-state index is 11.2. The number of benzene rings is 1. The number of hydrogen-bond acceptors (Lipinski definition) is 4. The molecule has 1 aromatic rings. The average Bonchev–Trinajstić information content (AvgIpc) is 2.47. The number of nitrogens with one attached hydrogen (secondary N) is 1. The van der Waals surface area contributed by atoms with Crippen molar-refractivity contribution in [3.63, 3.8) is 0 Å². The first kappa shape index (κ1) is 8.18. The van der Waals surface area contributed by atoms with E-state index in [9.17, 15) is 10.0 Å². The lowest BCUT2D eigenvalue weighted by atomic mass is 10.3. The highest BCUT2D eigenvalue weighted by atomic mass is 16.6. The SMILES string of the molecule is O=C1CN([O-])NN1c1ccccc1. The average molecular weight is 178 g/mol. The van der Waals surface area contributed by atoms with E-state index < -0.39 is 0 Å². The number of carbonyl (C=O) groups is 1. The molecule has 0 aromatic heterocycles. The number of hydrogen-bond donors (Lipinski definition) is 1. The number of hydroxylamine groups is 1. The molecule has 1 aliphatic rings. The molecular formula is C8H8N3O2-. The highest BCUT2D eigenvalue weighted by Gasteiger charge is 2.22. The Bertz CT molecular complexity index is 314. The predicted octanol–water partition coefficient (Wildman–Crippen LogP) is 0.253. The molecular weight excluding hydrogens is 170 g/mol. The van der Waals surface area contributed by atoms with Crippen molar-refractivity contribution in [3.05, 3.63) is 35.5 Å². The Morgan fingerprint density at radius 1 is 1.31 bits per heavy atom. The van der Waals surface area contributed by atoms with Gasteiger partial charge in [-0.05, 0) is 12.1 Å². The Kier molecular flexibility index (Phi) is 1.97. The fourth-order valence-corrected chi connectivity index (χ4v) is 1.18. The predicted molar refractivity (Wildman–Crippen MR) is 47.1 cm³/mol. The summed E-state index contributed by atoms with van der Waals surface area (Å²) in [5.41, 5.74) is 3.05. The molecule has 0 spiro atoms. The number of hydrazine groups is 2. The molecule has 5 heteroatoms. The summed E-state index contributed by atoms with van der Waals surface area (Å²) in [6.45, 7) is -0.144. The van der Waals surface area contributed by atoms with Crippen LogP contribution in [-0.4, -0.2) is 17.6 Å². The van der Waals surface area contributed by atoms with Crippen LogP contribution in [0.5, 0.6) is 0 Å². The molecule has 1 aromatic carbocycles. The monoisotopic (exact) mass is 178 g/mol. The maximum absolute atomic E-state index is 11.2. The van der Waals surface area contributed by atoms with Crippen molar-refractivity contribution in [1.29, 1.82) is 0 Å². The third-order valence-electron chi connectivity index (χ3n) is 1.75. The van der Waals surface area contributed by atoms with Crippen molar-refractivity contribution in [2.45, 2.75) is 0 Å². The van der Waals surface area contributed by atoms with Gasteiger partial charge in [0.15, 0.2) is 0 Å². The van der Waals surface area contributed by atoms with Crippen LogP contribution in [0.4, 0.5) is 5.69 Å². The number of para-hydroxylation sites is 1. The molecule has 5 nitrogen and oxygen atoms in total. The summed E-state index contributed by atoms with van der Waals surface area (Å²) in [4.78, 5) is 11.2. The molecule has 0 bridgehead atoms. The van der Waals surface area contributed by atoms with E-state index in [0.717, 1.165) is 0 Å². The third kappa shape index (κ3) is 1.52. The van der Waals surface area contributed by atoms with Gasteiger partial charge in [-0.25, -0.2) is 5.01 Å². The van der Waals surface area contributed by atoms with Gasteiger partial charge in [-0.3, -0.25) is 9.97 Å². The molecule has 1 heterocycles. The van der Waals surface area contributed by atoms with E-state index in [1.165, 1.54) is 5.01 Å². The van der Waals surface area contributed by atoms with E-state index in [0.29, 0.717) is 10.9 Å². The lowest BCUT2D eigenvalue weighted by Crippen LogP contribution is -2.37. The van der Waals surface area contributed by atoms with Crippen molar-refractivity contribution < 1.29 is 4.79 Å². The highest BCUT2D eigenvalue weighted by Crippen LogP contribution is 2.14. The summed E-state index contributed by atoms with van der Waals surface area (Å²) in [6.07, 6.45) is 0. The van der Waals surface area contributed by atoms with Crippen LogP contribution in [0, 0.1) is 5.21 Å². The lowest BCUT2D eigenvalue weighted by Gasteiger charge is -2.22. The number of nitrogens with zero attached hydrogens (tertiary/aromatic N) is 2. The minimum Gasteiger partial charge on any atom is -0.770 e. The molecule has 1 N–H and O–H groups in total. The smallest absolute Gasteiger partial charge is 0.257 e. The quantitative estimate of drug-likeness (QED) is 0.669. The van der Waals surface area contributed by atoms with Gasteiger partial charge in [0.1, 0.15) is 0 Å². The Labute approximate surface area is 75.1 Å². The second-order valence-electron chi connectivity index (χ2n) is 2.70. The van der Waals surface area contributed by atoms with Crippen molar-refractivity contribution in [1.82, 2.24) is 10.7 Å². The van der Waals surface area contributed by atoms with Crippen LogP contribution in [0.15, 0.2) is 30.3 Å². The topological polar surface area (TPSA) is 58.6 Å². The van der Waals surface area contributed by atoms with Crippen LogP contribution in [0.3, 0.4) is 0 Å². The Hall–Kier alpha value is -1.43. The molecule has 68 valence electrons. The first-order valence-corrected chi connectivity index (χ1v) is 3.86. The van der Waals surface area contributed by atoms with Crippen LogP contribution < -0.4 is 10.5 Å². The summed E-state index contributed by atoms with van der Waals surface area (Å²) in [5.74, 6) is -0.249. The van der Waals surface area contributed by atoms with Crippen LogP contribution in [-0.2, 0) is 4.79 Å². The standard InChI is InChI=1S/C8H8N3O2/c12-8-6-10(13)9-11(8)7-4-2-1-3-5-7/h1-5,9H,6H2/q-1. The second-order valence-corrected chi connectivity index (χ2v) is 2.70. The van der Waals surface area contributed by atoms with Gasteiger partial charge >= 0.3 is 0 Å². The first-order valence-electron chi connectivity index (χ1n) is 3.86. The van der Waals surface area contributed by atoms with Gasteiger partial charge in [-0.2, -0.15) is 5.53 Å². The van der Waals surface area contributed by atoms with E-state index in [4.69, 9.17) is 0 Å². The Morgan fingerprint density at radius 3 is 2.54 bits per heavy atom. The molecule has 0 saturated carbocycles. The normalized spacial score (nSPS) is 18.2. The van der Waals surface area contributed by atoms with Gasteiger partial charge in [0, 0.05) is 0 Å². The van der Waals surface area contributed by atoms with Crippen LogP contribution >= 0.6 is 0 Å². The second kappa shape index (κ2) is 3.14. The first-order chi connectivity index (χ1) is 6.27. The molecule has 0 radical (unpaired) electrons. The molecule has 1 amide bonds. The number of amides is 1. The van der Waals surface area contributed by atoms with E-state index in [1.54, 1.807) is 24.3 Å². The van der Waals surface area contributed by atoms with Crippen LogP contribution in [0.1, 0.15) is 0 Å². The van der Waals surface area contributed by atoms with Gasteiger partial charge in [0.25, 0.3) is 5.91 Å². The molecule has 0 aliphatic carbocycles. The van der Waals surface area contributed by atoms with Gasteiger partial charge < -0.3 is 5.21 Å². The minimum atomic E-state index is -0.249. The van der Waals surface area contributed by atoms with Gasteiger partial charge in [0.05, 0.1) is 12.2 Å². The summed E-state index contributed by atoms with van der Waals surface area (Å²) >= 11 is 0. The molecule has 1 fully saturated rings. The fourth-order valence-electron chi connectivity index (χ4n) is 1.18. The maximum Gasteiger partial charge on any atom is 0.257 e. The van der Waals surface area contributed by atoms with Gasteiger partial charge in [-0.1, -0.05) is 18.2 Å². The summed E-state index contributed by atoms with van der Waals surface area (Å²) in [7, 11) is 0. The van der Waals surface area contributed by atoms with Crippen molar-refractivity contribution in [3.8, 4) is 0 Å². The Balaban J connectivity index is 2.23. The zero-order valence-electron chi connectivity index (χ0n) is 6.80. The molecule has 1 aliphatic heterocycles. The van der Waals surface area contributed by atoms with E-state index in [2.05, 4.69) is 5.53 Å². The van der Waals surface area contributed by atoms with Gasteiger partial charge in [-0.15, -0.1) is 0 Å². The minimum absolute atomic E-state index is 0.144. The molecule has 0 unspecified atom stereocenters. The lowest BCUT2D eigenvalue weighted by molar-refractivity contribution is -0.116. The zero-order valence-corrected chi connectivity index (χ0v) is 6.80. The third-order valence-corrected chi connectivity index (χ3v) is 1.75. The molecule has 2 rings (SSSR count). The van der Waals surface area contributed by atoms with E-state index in [-0.39, 0.29) is 12.5 Å². The molecule has 13 heavy (non-hydrogen) atoms. The molecule has 0 atom stereocenters.